The number of carboxylic acids is 1. The Kier molecular flexibility index (Phi) is 3.95. The summed E-state index contributed by atoms with van der Waals surface area (Å²) in [6.45, 7) is 1.89. The largest absolute Gasteiger partial charge is 0.480 e. The van der Waals surface area contributed by atoms with Crippen LogP contribution in [0.1, 0.15) is 13.3 Å². The minimum atomic E-state index is -0.964. The number of carboxylic acid groups (broad SMARTS) is 1. The molecule has 4 rings (SSSR count). The number of rotatable bonds is 5. The molecule has 3 atom stereocenters. The number of nitrogens with zero attached hydrogens (tertiary/aromatic N) is 5. The number of carbonyl (C=O) groups is 2. The van der Waals surface area contributed by atoms with Gasteiger partial charge in [-0.3, -0.25) is 4.79 Å². The van der Waals surface area contributed by atoms with Crippen molar-refractivity contribution in [3.05, 3.63) is 30.3 Å². The second kappa shape index (κ2) is 6.03. The molecule has 1 amide bonds. The zero-order valence-electron chi connectivity index (χ0n) is 13.3. The highest BCUT2D eigenvalue weighted by Crippen LogP contribution is 2.52. The predicted molar refractivity (Wildman–Crippen MR) is 92.5 cm³/mol. The van der Waals surface area contributed by atoms with E-state index in [1.807, 2.05) is 37.3 Å². The third kappa shape index (κ3) is 2.69. The molecule has 10 heteroatoms. The maximum atomic E-state index is 11.8. The Bertz CT molecular complexity index is 830. The summed E-state index contributed by atoms with van der Waals surface area (Å²) in [6, 6.07) is 8.69. The Hall–Kier alpha value is -2.07. The molecular formula is C15H15N5O3S2. The van der Waals surface area contributed by atoms with E-state index in [-0.39, 0.29) is 11.3 Å². The van der Waals surface area contributed by atoms with Crippen molar-refractivity contribution >= 4 is 35.4 Å². The molecule has 1 aromatic heterocycles. The van der Waals surface area contributed by atoms with Gasteiger partial charge in [0.25, 0.3) is 0 Å². The lowest BCUT2D eigenvalue weighted by Gasteiger charge is -2.36. The summed E-state index contributed by atoms with van der Waals surface area (Å²) in [6.07, 6.45) is 0.413. The summed E-state index contributed by atoms with van der Waals surface area (Å²) in [7, 11) is 0. The van der Waals surface area contributed by atoms with Crippen molar-refractivity contribution in [1.29, 1.82) is 0 Å². The summed E-state index contributed by atoms with van der Waals surface area (Å²) < 4.78 is 1.03. The van der Waals surface area contributed by atoms with Crippen LogP contribution in [0.4, 0.5) is 0 Å². The molecule has 3 heterocycles. The summed E-state index contributed by atoms with van der Waals surface area (Å²) in [5, 5.41) is 22.0. The molecule has 2 aliphatic heterocycles. The van der Waals surface area contributed by atoms with Crippen LogP contribution in [0.2, 0.25) is 0 Å². The second-order valence-electron chi connectivity index (χ2n) is 6.13. The molecular weight excluding hydrogens is 362 g/mol. The number of benzene rings is 1. The molecule has 25 heavy (non-hydrogen) atoms. The highest BCUT2D eigenvalue weighted by atomic mass is 32.2. The average Bonchev–Trinajstić information content (AvgIpc) is 3.15. The number of para-hydroxylation sites is 1. The Morgan fingerprint density at radius 3 is 2.88 bits per heavy atom. The molecule has 0 radical (unpaired) electrons. The van der Waals surface area contributed by atoms with E-state index in [1.54, 1.807) is 16.4 Å². The van der Waals surface area contributed by atoms with Gasteiger partial charge in [-0.15, -0.1) is 16.9 Å². The van der Waals surface area contributed by atoms with E-state index in [4.69, 9.17) is 0 Å². The molecule has 1 aromatic carbocycles. The van der Waals surface area contributed by atoms with E-state index < -0.39 is 16.8 Å². The molecule has 1 N–H and O–H groups in total. The van der Waals surface area contributed by atoms with Crippen LogP contribution in [0, 0.1) is 0 Å². The Labute approximate surface area is 152 Å². The first-order chi connectivity index (χ1) is 12.0. The van der Waals surface area contributed by atoms with E-state index >= 15 is 0 Å². The Balaban J connectivity index is 1.55. The normalized spacial score (nSPS) is 27.9. The molecule has 8 nitrogen and oxygen atoms in total. The lowest BCUT2D eigenvalue weighted by molar-refractivity contribution is -0.157. The zero-order chi connectivity index (χ0) is 17.6. The number of aromatic nitrogens is 4. The fraction of sp³-hybridized carbons (Fsp3) is 0.400. The van der Waals surface area contributed by atoms with Gasteiger partial charge >= 0.3 is 5.97 Å². The molecule has 0 aliphatic carbocycles. The van der Waals surface area contributed by atoms with Crippen LogP contribution in [0.15, 0.2) is 35.5 Å². The summed E-state index contributed by atoms with van der Waals surface area (Å²) in [4.78, 5) is 25.0. The minimum Gasteiger partial charge on any atom is -0.480 e. The summed E-state index contributed by atoms with van der Waals surface area (Å²) >= 11 is 2.96. The van der Waals surface area contributed by atoms with Gasteiger partial charge in [-0.25, -0.2) is 4.79 Å². The van der Waals surface area contributed by atoms with Crippen molar-refractivity contribution in [2.75, 3.05) is 5.75 Å². The molecule has 3 unspecified atom stereocenters. The average molecular weight is 377 g/mol. The van der Waals surface area contributed by atoms with Crippen LogP contribution < -0.4 is 0 Å². The molecule has 130 valence electrons. The van der Waals surface area contributed by atoms with Crippen LogP contribution in [0.5, 0.6) is 0 Å². The van der Waals surface area contributed by atoms with Gasteiger partial charge in [0.05, 0.1) is 22.2 Å². The fourth-order valence-electron chi connectivity index (χ4n) is 3.18. The van der Waals surface area contributed by atoms with E-state index in [0.29, 0.717) is 17.3 Å². The van der Waals surface area contributed by atoms with Crippen LogP contribution in [0.3, 0.4) is 0 Å². The van der Waals surface area contributed by atoms with Gasteiger partial charge in [0.2, 0.25) is 11.1 Å². The third-order valence-corrected chi connectivity index (χ3v) is 7.38. The van der Waals surface area contributed by atoms with Crippen molar-refractivity contribution in [3.63, 3.8) is 0 Å². The molecule has 2 aromatic rings. The van der Waals surface area contributed by atoms with E-state index in [2.05, 4.69) is 15.5 Å². The molecule has 2 saturated heterocycles. The number of thioether (sulfide) groups is 2. The highest BCUT2D eigenvalue weighted by molar-refractivity contribution is 8.04. The van der Waals surface area contributed by atoms with Crippen molar-refractivity contribution in [2.24, 2.45) is 0 Å². The highest BCUT2D eigenvalue weighted by Gasteiger charge is 2.60. The van der Waals surface area contributed by atoms with Gasteiger partial charge in [-0.2, -0.15) is 4.68 Å². The van der Waals surface area contributed by atoms with Crippen molar-refractivity contribution in [2.45, 2.75) is 34.7 Å². The number of aliphatic carboxylic acids is 1. The van der Waals surface area contributed by atoms with Gasteiger partial charge in [-0.05, 0) is 29.5 Å². The van der Waals surface area contributed by atoms with Crippen LogP contribution in [-0.4, -0.2) is 64.0 Å². The molecule has 2 fully saturated rings. The number of β-lactam (4-membered cyclic amide) rings is 1. The Morgan fingerprint density at radius 2 is 2.20 bits per heavy atom. The van der Waals surface area contributed by atoms with Gasteiger partial charge in [0.15, 0.2) is 0 Å². The number of hydrogen-bond acceptors (Lipinski definition) is 7. The number of hydrogen-bond donors (Lipinski definition) is 1. The van der Waals surface area contributed by atoms with Gasteiger partial charge < -0.3 is 10.0 Å². The monoisotopic (exact) mass is 377 g/mol. The maximum Gasteiger partial charge on any atom is 0.327 e. The van der Waals surface area contributed by atoms with Gasteiger partial charge in [0.1, 0.15) is 6.04 Å². The number of carbonyl (C=O) groups excluding carboxylic acids is 1. The first-order valence-electron chi connectivity index (χ1n) is 7.68. The SMILES string of the molecule is CC1(CSc2nnnn2-c2ccccc2)SC2CC(=O)N2C1C(=O)O. The lowest BCUT2D eigenvalue weighted by atomic mass is 9.98. The van der Waals surface area contributed by atoms with Gasteiger partial charge in [0, 0.05) is 5.75 Å². The first kappa shape index (κ1) is 16.4. The molecule has 2 aliphatic rings. The number of fused-ring (bicyclic) bond motifs is 1. The number of amides is 1. The van der Waals surface area contributed by atoms with E-state index in [0.717, 1.165) is 5.69 Å². The smallest absolute Gasteiger partial charge is 0.327 e. The first-order valence-corrected chi connectivity index (χ1v) is 9.54. The Morgan fingerprint density at radius 1 is 1.44 bits per heavy atom. The number of tetrazole rings is 1. The van der Waals surface area contributed by atoms with Crippen molar-refractivity contribution in [3.8, 4) is 5.69 Å². The third-order valence-electron chi connectivity index (χ3n) is 4.37. The molecule has 0 saturated carbocycles. The summed E-state index contributed by atoms with van der Waals surface area (Å²) in [5.41, 5.74) is 0.841. The van der Waals surface area contributed by atoms with E-state index in [9.17, 15) is 14.7 Å². The standard InChI is InChI=1S/C15H15N5O3S2/c1-15(12(13(22)23)19-10(21)7-11(19)25-15)8-24-14-16-17-18-20(14)9-5-3-2-4-6-9/h2-6,11-12H,7-8H2,1H3,(H,22,23). The quantitative estimate of drug-likeness (QED) is 0.614. The van der Waals surface area contributed by atoms with E-state index in [1.165, 1.54) is 16.7 Å². The molecule has 0 bridgehead atoms. The molecule has 0 spiro atoms. The van der Waals surface area contributed by atoms with Crippen LogP contribution >= 0.6 is 23.5 Å². The maximum absolute atomic E-state index is 11.8. The van der Waals surface area contributed by atoms with Crippen molar-refractivity contribution < 1.29 is 14.7 Å². The summed E-state index contributed by atoms with van der Waals surface area (Å²) in [5.74, 6) is -0.566. The lowest BCUT2D eigenvalue weighted by Crippen LogP contribution is -2.57. The second-order valence-corrected chi connectivity index (χ2v) is 8.78. The van der Waals surface area contributed by atoms with Gasteiger partial charge in [-0.1, -0.05) is 30.0 Å². The zero-order valence-corrected chi connectivity index (χ0v) is 14.9. The minimum absolute atomic E-state index is 0.0377. The topological polar surface area (TPSA) is 101 Å². The van der Waals surface area contributed by atoms with Crippen molar-refractivity contribution in [1.82, 2.24) is 25.1 Å². The van der Waals surface area contributed by atoms with Crippen LogP contribution in [0.25, 0.3) is 5.69 Å². The fourth-order valence-corrected chi connectivity index (χ4v) is 6.11. The predicted octanol–water partition coefficient (Wildman–Crippen LogP) is 1.27. The van der Waals surface area contributed by atoms with Crippen LogP contribution in [-0.2, 0) is 9.59 Å².